The van der Waals surface area contributed by atoms with Gasteiger partial charge in [0, 0.05) is 17.2 Å². The van der Waals surface area contributed by atoms with Crippen molar-refractivity contribution in [3.05, 3.63) is 58.4 Å². The number of hydrogen-bond donors (Lipinski definition) is 4. The maximum Gasteiger partial charge on any atom is 0.408 e. The zero-order chi connectivity index (χ0) is 40.3. The highest BCUT2D eigenvalue weighted by Crippen LogP contribution is 2.38. The average molecular weight is 810 g/mol. The quantitative estimate of drug-likeness (QED) is 0.159. The van der Waals surface area contributed by atoms with Crippen LogP contribution in [0.15, 0.2) is 41.3 Å². The number of benzene rings is 2. The molecule has 0 saturated heterocycles. The van der Waals surface area contributed by atoms with Crippen molar-refractivity contribution in [2.75, 3.05) is 17.3 Å². The zero-order valence-electron chi connectivity index (χ0n) is 32.3. The molecule has 0 bridgehead atoms. The smallest absolute Gasteiger partial charge is 0.408 e. The van der Waals surface area contributed by atoms with Crippen molar-refractivity contribution in [3.63, 3.8) is 0 Å². The van der Waals surface area contributed by atoms with Crippen LogP contribution in [0.3, 0.4) is 0 Å². The van der Waals surface area contributed by atoms with E-state index in [0.29, 0.717) is 29.7 Å². The summed E-state index contributed by atoms with van der Waals surface area (Å²) in [7, 11) is -6.46. The first-order valence-electron chi connectivity index (χ1n) is 18.1. The summed E-state index contributed by atoms with van der Waals surface area (Å²) >= 11 is 6.06. The van der Waals surface area contributed by atoms with Crippen LogP contribution in [0.5, 0.6) is 0 Å². The van der Waals surface area contributed by atoms with Crippen molar-refractivity contribution in [2.45, 2.75) is 127 Å². The molecular formula is C37H53ClFN5O8SSi. The fraction of sp³-hybridized carbons (Fsp3) is 0.568. The normalized spacial score (nSPS) is 18.5. The predicted octanol–water partition coefficient (Wildman–Crippen LogP) is 6.75. The van der Waals surface area contributed by atoms with Crippen molar-refractivity contribution in [2.24, 2.45) is 0 Å². The molecule has 0 aromatic heterocycles. The van der Waals surface area contributed by atoms with Gasteiger partial charge in [-0.25, -0.2) is 27.8 Å². The summed E-state index contributed by atoms with van der Waals surface area (Å²) in [6, 6.07) is 5.67. The van der Waals surface area contributed by atoms with Gasteiger partial charge in [-0.2, -0.15) is 0 Å². The van der Waals surface area contributed by atoms with Crippen molar-refractivity contribution in [3.8, 4) is 0 Å². The minimum absolute atomic E-state index is 0.0237. The topological polar surface area (TPSA) is 172 Å². The number of halogens is 2. The van der Waals surface area contributed by atoms with Gasteiger partial charge in [0.25, 0.3) is 11.8 Å². The minimum atomic E-state index is -4.43. The van der Waals surface area contributed by atoms with E-state index >= 15 is 4.39 Å². The third-order valence-electron chi connectivity index (χ3n) is 10.1. The number of nitrogens with zero attached hydrogens (tertiary/aromatic N) is 1. The largest absolute Gasteiger partial charge is 0.444 e. The number of hydrazine groups is 1. The van der Waals surface area contributed by atoms with E-state index < -0.39 is 81.3 Å². The lowest BCUT2D eigenvalue weighted by Gasteiger charge is -2.41. The molecule has 0 unspecified atom stereocenters. The van der Waals surface area contributed by atoms with Crippen LogP contribution >= 0.6 is 11.6 Å². The number of amides is 5. The van der Waals surface area contributed by atoms with Gasteiger partial charge in [0.2, 0.25) is 0 Å². The van der Waals surface area contributed by atoms with E-state index in [-0.39, 0.29) is 17.3 Å². The van der Waals surface area contributed by atoms with Gasteiger partial charge < -0.3 is 24.7 Å². The van der Waals surface area contributed by atoms with Crippen LogP contribution in [-0.4, -0.2) is 70.2 Å². The van der Waals surface area contributed by atoms with E-state index in [1.165, 1.54) is 0 Å². The number of sulfone groups is 1. The molecule has 2 aromatic carbocycles. The number of anilines is 1. The van der Waals surface area contributed by atoms with E-state index in [9.17, 15) is 27.6 Å². The lowest BCUT2D eigenvalue weighted by atomic mass is 9.79. The van der Waals surface area contributed by atoms with Gasteiger partial charge >= 0.3 is 12.1 Å². The van der Waals surface area contributed by atoms with Crippen molar-refractivity contribution in [1.82, 2.24) is 21.5 Å². The minimum Gasteiger partial charge on any atom is -0.444 e. The number of carbonyl (C=O) groups excluding carboxylic acids is 4. The third-order valence-corrected chi connectivity index (χ3v) is 16.7. The summed E-state index contributed by atoms with van der Waals surface area (Å²) in [4.78, 5) is 53.9. The van der Waals surface area contributed by atoms with E-state index in [0.717, 1.165) is 43.1 Å². The summed E-state index contributed by atoms with van der Waals surface area (Å²) in [5, 5.41) is 5.80. The Morgan fingerprint density at radius 3 is 2.22 bits per heavy atom. The molecule has 1 heterocycles. The number of urea groups is 1. The molecule has 4 N–H and O–H groups in total. The molecule has 0 spiro atoms. The Morgan fingerprint density at radius 1 is 1.00 bits per heavy atom. The maximum absolute atomic E-state index is 15.7. The molecule has 5 amide bonds. The average Bonchev–Trinajstić information content (AvgIpc) is 3.11. The molecule has 1 aliphatic heterocycles. The van der Waals surface area contributed by atoms with Gasteiger partial charge in [0.1, 0.15) is 17.5 Å². The van der Waals surface area contributed by atoms with Crippen LogP contribution in [0.25, 0.3) is 0 Å². The lowest BCUT2D eigenvalue weighted by Crippen LogP contribution is -2.57. The van der Waals surface area contributed by atoms with Crippen molar-refractivity contribution >= 4 is 59.4 Å². The van der Waals surface area contributed by atoms with Crippen LogP contribution in [0, 0.1) is 5.82 Å². The number of fused-ring (bicyclic) bond motifs is 1. The van der Waals surface area contributed by atoms with Gasteiger partial charge in [0.15, 0.2) is 18.2 Å². The van der Waals surface area contributed by atoms with Crippen LogP contribution in [0.2, 0.25) is 23.2 Å². The van der Waals surface area contributed by atoms with Crippen molar-refractivity contribution < 1.29 is 41.1 Å². The molecule has 0 radical (unpaired) electrons. The number of rotatable bonds is 9. The number of hydrogen-bond acceptors (Lipinski definition) is 8. The molecule has 1 fully saturated rings. The zero-order valence-corrected chi connectivity index (χ0v) is 34.9. The van der Waals surface area contributed by atoms with Gasteiger partial charge in [-0.05, 0) is 88.0 Å². The number of ether oxygens (including phenoxy) is 1. The standard InChI is InChI=1S/C37H53ClFN5O8SSi/c1-35(2,3)52-34(48)40-28-23-53(49,50)30-21-27(39)26(20-29(30)44(32(28)46)22-24-12-14-25(38)15-13-24)31(45)42-43-33(47)41-37(16-10-9-11-17-37)18-19-51-54(7,8)36(4,5)6/h12-15,20-21,28H,9-11,16-19,22-23H2,1-8H3,(H,40,48)(H,42,45)(H2,41,43,47)/t28-/m0/s1. The predicted molar refractivity (Wildman–Crippen MR) is 207 cm³/mol. The molecule has 298 valence electrons. The Kier molecular flexibility index (Phi) is 13.2. The Bertz CT molecular complexity index is 1840. The first kappa shape index (κ1) is 43.0. The van der Waals surface area contributed by atoms with Crippen LogP contribution in [0.4, 0.5) is 19.7 Å². The van der Waals surface area contributed by atoms with Crippen LogP contribution < -0.4 is 26.4 Å². The Labute approximate surface area is 323 Å². The maximum atomic E-state index is 15.7. The van der Waals surface area contributed by atoms with Crippen LogP contribution in [-0.2, 0) is 30.3 Å². The molecule has 2 aromatic rings. The molecule has 4 rings (SSSR count). The van der Waals surface area contributed by atoms with Gasteiger partial charge in [-0.3, -0.25) is 15.0 Å². The van der Waals surface area contributed by atoms with Gasteiger partial charge in [-0.1, -0.05) is 63.8 Å². The molecule has 54 heavy (non-hydrogen) atoms. The third kappa shape index (κ3) is 10.9. The Morgan fingerprint density at radius 2 is 1.63 bits per heavy atom. The first-order chi connectivity index (χ1) is 24.9. The molecule has 2 aliphatic rings. The van der Waals surface area contributed by atoms with Crippen molar-refractivity contribution in [1.29, 1.82) is 0 Å². The lowest BCUT2D eigenvalue weighted by molar-refractivity contribution is -0.120. The SMILES string of the molecule is CC(C)(C)OC(=O)N[C@H]1CS(=O)(=O)c2cc(F)c(C(=O)NNC(=O)NC3(CCO[Si](C)(C)C(C)(C)C)CCCCC3)cc2N(Cc2ccc(Cl)cc2)C1=O. The number of carbonyl (C=O) groups is 4. The molecule has 13 nitrogen and oxygen atoms in total. The first-order valence-corrected chi connectivity index (χ1v) is 23.0. The Hall–Kier alpha value is -3.73. The molecule has 17 heteroatoms. The number of nitrogens with one attached hydrogen (secondary N) is 4. The summed E-state index contributed by atoms with van der Waals surface area (Å²) < 4.78 is 54.7. The van der Waals surface area contributed by atoms with E-state index in [1.54, 1.807) is 45.0 Å². The fourth-order valence-corrected chi connectivity index (χ4v) is 8.98. The highest BCUT2D eigenvalue weighted by atomic mass is 35.5. The van der Waals surface area contributed by atoms with E-state index in [2.05, 4.69) is 55.4 Å². The highest BCUT2D eigenvalue weighted by Gasteiger charge is 2.42. The number of alkyl carbamates (subject to hydrolysis) is 1. The fourth-order valence-electron chi connectivity index (χ4n) is 6.19. The van der Waals surface area contributed by atoms with Gasteiger partial charge in [0.05, 0.1) is 28.4 Å². The second-order valence-corrected chi connectivity index (χ2v) is 23.8. The second-order valence-electron chi connectivity index (χ2n) is 16.6. The van der Waals surface area contributed by atoms with E-state index in [4.69, 9.17) is 20.8 Å². The molecule has 1 aliphatic carbocycles. The molecule has 1 saturated carbocycles. The Balaban J connectivity index is 1.58. The van der Waals surface area contributed by atoms with E-state index in [1.807, 2.05) is 0 Å². The van der Waals surface area contributed by atoms with Crippen LogP contribution in [0.1, 0.15) is 96.0 Å². The monoisotopic (exact) mass is 809 g/mol. The van der Waals surface area contributed by atoms with Gasteiger partial charge in [-0.15, -0.1) is 0 Å². The summed E-state index contributed by atoms with van der Waals surface area (Å²) in [5.41, 5.74) is 2.62. The molecule has 1 atom stereocenters. The summed E-state index contributed by atoms with van der Waals surface area (Å²) in [6.45, 7) is 15.9. The second kappa shape index (κ2) is 16.6. The molecular weight excluding hydrogens is 757 g/mol. The summed E-state index contributed by atoms with van der Waals surface area (Å²) in [6.07, 6.45) is 3.87. The summed E-state index contributed by atoms with van der Waals surface area (Å²) in [5.74, 6) is -4.04. The highest BCUT2D eigenvalue weighted by molar-refractivity contribution is 7.91.